The third-order valence-corrected chi connectivity index (χ3v) is 7.07. The van der Waals surface area contributed by atoms with Crippen LogP contribution >= 0.6 is 24.8 Å². The van der Waals surface area contributed by atoms with E-state index in [0.717, 1.165) is 68.8 Å². The van der Waals surface area contributed by atoms with Gasteiger partial charge in [-0.3, -0.25) is 4.79 Å². The number of nitrogens with zero attached hydrogens (tertiary/aromatic N) is 3. The molecular formula is C22H30Cl2FN5O. The van der Waals surface area contributed by atoms with Gasteiger partial charge in [0.1, 0.15) is 11.6 Å². The van der Waals surface area contributed by atoms with Crippen molar-refractivity contribution in [3.8, 4) is 11.4 Å². The molecule has 2 aliphatic heterocycles. The first-order chi connectivity index (χ1) is 14.2. The van der Waals surface area contributed by atoms with Crippen LogP contribution in [-0.4, -0.2) is 33.8 Å². The Balaban J connectivity index is 0.00000136. The van der Waals surface area contributed by atoms with Gasteiger partial charge in [0.05, 0.1) is 11.1 Å². The minimum atomic E-state index is -0.410. The van der Waals surface area contributed by atoms with Crippen molar-refractivity contribution in [2.75, 3.05) is 18.4 Å². The molecule has 5 rings (SSSR count). The van der Waals surface area contributed by atoms with E-state index < -0.39 is 11.2 Å². The van der Waals surface area contributed by atoms with Gasteiger partial charge in [0.25, 0.3) is 0 Å². The molecule has 1 amide bonds. The molecule has 0 unspecified atom stereocenters. The molecule has 2 aromatic rings. The zero-order chi connectivity index (χ0) is 19.8. The van der Waals surface area contributed by atoms with Crippen LogP contribution in [0.4, 0.5) is 10.1 Å². The Kier molecular flexibility index (Phi) is 7.60. The molecule has 1 saturated carbocycles. The minimum absolute atomic E-state index is 0. The minimum Gasteiger partial charge on any atom is -0.323 e. The maximum absolute atomic E-state index is 14.6. The van der Waals surface area contributed by atoms with Gasteiger partial charge >= 0.3 is 0 Å². The van der Waals surface area contributed by atoms with Crippen molar-refractivity contribution in [3.05, 3.63) is 29.8 Å². The van der Waals surface area contributed by atoms with Crippen LogP contribution in [0.15, 0.2) is 18.2 Å². The number of aryl methyl sites for hydroxylation is 1. The lowest BCUT2D eigenvalue weighted by Crippen LogP contribution is -2.44. The summed E-state index contributed by atoms with van der Waals surface area (Å²) in [6.07, 6.45) is 8.49. The summed E-state index contributed by atoms with van der Waals surface area (Å²) in [6.45, 7) is 2.44. The zero-order valence-corrected chi connectivity index (χ0v) is 19.2. The fourth-order valence-corrected chi connectivity index (χ4v) is 5.40. The largest absolute Gasteiger partial charge is 0.323 e. The van der Waals surface area contributed by atoms with Crippen molar-refractivity contribution in [1.29, 1.82) is 0 Å². The maximum atomic E-state index is 14.6. The van der Waals surface area contributed by atoms with Crippen molar-refractivity contribution in [2.24, 2.45) is 11.3 Å². The highest BCUT2D eigenvalue weighted by atomic mass is 35.5. The number of rotatable bonds is 3. The monoisotopic (exact) mass is 469 g/mol. The lowest BCUT2D eigenvalue weighted by atomic mass is 9.67. The molecule has 2 N–H and O–H groups in total. The Morgan fingerprint density at radius 2 is 2.03 bits per heavy atom. The quantitative estimate of drug-likeness (QED) is 0.699. The van der Waals surface area contributed by atoms with Crippen molar-refractivity contribution >= 4 is 36.4 Å². The van der Waals surface area contributed by atoms with Crippen LogP contribution in [0, 0.1) is 17.2 Å². The van der Waals surface area contributed by atoms with E-state index in [9.17, 15) is 9.18 Å². The molecule has 1 aromatic heterocycles. The second-order valence-electron chi connectivity index (χ2n) is 8.78. The van der Waals surface area contributed by atoms with Gasteiger partial charge in [-0.1, -0.05) is 19.3 Å². The summed E-state index contributed by atoms with van der Waals surface area (Å²) in [5, 5.41) is 15.0. The van der Waals surface area contributed by atoms with E-state index in [1.54, 1.807) is 12.1 Å². The van der Waals surface area contributed by atoms with Gasteiger partial charge in [0.2, 0.25) is 5.91 Å². The predicted octanol–water partition coefficient (Wildman–Crippen LogP) is 4.37. The number of carbonyl (C=O) groups excluding carboxylic acids is 1. The van der Waals surface area contributed by atoms with Gasteiger partial charge in [-0.05, 0) is 56.3 Å². The number of nitrogens with one attached hydrogen (secondary N) is 2. The Morgan fingerprint density at radius 3 is 2.90 bits per heavy atom. The smallest absolute Gasteiger partial charge is 0.232 e. The van der Waals surface area contributed by atoms with Crippen molar-refractivity contribution in [1.82, 2.24) is 20.1 Å². The second kappa shape index (κ2) is 9.84. The number of carbonyl (C=O) groups is 1. The standard InChI is InChI=1S/C22H28FN5O.2ClH/c23-17-9-8-15(20-27-26-19-7-2-1-5-11-28(19)20)12-18(17)25-21(29)22-10-4-3-6-16(22)13-24-14-22;;/h8-9,12,16,24H,1-7,10-11,13-14H2,(H,25,29);2*1H/t16-,22+;;/m0../s1. The summed E-state index contributed by atoms with van der Waals surface area (Å²) in [5.74, 6) is 1.63. The van der Waals surface area contributed by atoms with Gasteiger partial charge in [-0.15, -0.1) is 35.0 Å². The second-order valence-corrected chi connectivity index (χ2v) is 8.78. The van der Waals surface area contributed by atoms with Crippen LogP contribution in [0.3, 0.4) is 0 Å². The van der Waals surface area contributed by atoms with Gasteiger partial charge in [0.15, 0.2) is 5.82 Å². The Hall–Kier alpha value is -1.70. The zero-order valence-electron chi connectivity index (χ0n) is 17.5. The van der Waals surface area contributed by atoms with E-state index in [-0.39, 0.29) is 36.4 Å². The Morgan fingerprint density at radius 1 is 1.16 bits per heavy atom. The first-order valence-corrected chi connectivity index (χ1v) is 10.9. The number of amides is 1. The summed E-state index contributed by atoms with van der Waals surface area (Å²) < 4.78 is 16.8. The fourth-order valence-electron chi connectivity index (χ4n) is 5.40. The maximum Gasteiger partial charge on any atom is 0.232 e. The summed E-state index contributed by atoms with van der Waals surface area (Å²) in [6, 6.07) is 4.87. The van der Waals surface area contributed by atoms with E-state index in [0.29, 0.717) is 12.5 Å². The van der Waals surface area contributed by atoms with Crippen molar-refractivity contribution in [2.45, 2.75) is 57.9 Å². The number of benzene rings is 1. The molecule has 1 aliphatic carbocycles. The van der Waals surface area contributed by atoms with Crippen molar-refractivity contribution < 1.29 is 9.18 Å². The van der Waals surface area contributed by atoms with Crippen LogP contribution in [0.1, 0.15) is 50.8 Å². The molecule has 0 radical (unpaired) electrons. The van der Waals surface area contributed by atoms with Gasteiger partial charge in [-0.25, -0.2) is 4.39 Å². The third kappa shape index (κ3) is 4.32. The van der Waals surface area contributed by atoms with Gasteiger partial charge < -0.3 is 15.2 Å². The fraction of sp³-hybridized carbons (Fsp3) is 0.591. The summed E-state index contributed by atoms with van der Waals surface area (Å²) in [7, 11) is 0. The van der Waals surface area contributed by atoms with Gasteiger partial charge in [0, 0.05) is 25.1 Å². The summed E-state index contributed by atoms with van der Waals surface area (Å²) >= 11 is 0. The first kappa shape index (κ1) is 24.0. The molecule has 1 aromatic carbocycles. The van der Waals surface area contributed by atoms with Crippen LogP contribution in [0.2, 0.25) is 0 Å². The molecule has 1 saturated heterocycles. The third-order valence-electron chi connectivity index (χ3n) is 7.07. The van der Waals surface area contributed by atoms with E-state index in [4.69, 9.17) is 0 Å². The van der Waals surface area contributed by atoms with E-state index in [2.05, 4.69) is 25.4 Å². The number of hydrogen-bond acceptors (Lipinski definition) is 4. The molecule has 2 atom stereocenters. The van der Waals surface area contributed by atoms with Gasteiger partial charge in [-0.2, -0.15) is 0 Å². The number of anilines is 1. The summed E-state index contributed by atoms with van der Waals surface area (Å²) in [4.78, 5) is 13.2. The average Bonchev–Trinajstić information content (AvgIpc) is 3.28. The molecule has 6 nitrogen and oxygen atoms in total. The highest BCUT2D eigenvalue weighted by Crippen LogP contribution is 2.44. The molecule has 3 aliphatic rings. The first-order valence-electron chi connectivity index (χ1n) is 10.9. The lowest BCUT2D eigenvalue weighted by Gasteiger charge is -2.37. The number of hydrogen-bond donors (Lipinski definition) is 2. The van der Waals surface area contributed by atoms with E-state index in [1.807, 2.05) is 0 Å². The van der Waals surface area contributed by atoms with Crippen LogP contribution in [-0.2, 0) is 17.8 Å². The number of aromatic nitrogens is 3. The average molecular weight is 470 g/mol. The molecule has 170 valence electrons. The number of fused-ring (bicyclic) bond motifs is 2. The Bertz CT molecular complexity index is 937. The SMILES string of the molecule is Cl.Cl.O=C(Nc1cc(-c2nnc3n2CCCCC3)ccc1F)[C@@]12CCCC[C@H]1CNC2. The van der Waals surface area contributed by atoms with Crippen molar-refractivity contribution in [3.63, 3.8) is 0 Å². The highest BCUT2D eigenvalue weighted by molar-refractivity contribution is 5.96. The molecule has 9 heteroatoms. The summed E-state index contributed by atoms with van der Waals surface area (Å²) in [5.41, 5.74) is 0.626. The van der Waals surface area contributed by atoms with Crippen LogP contribution in [0.5, 0.6) is 0 Å². The predicted molar refractivity (Wildman–Crippen MR) is 123 cm³/mol. The van der Waals surface area contributed by atoms with Crippen LogP contribution < -0.4 is 10.6 Å². The highest BCUT2D eigenvalue weighted by Gasteiger charge is 2.49. The van der Waals surface area contributed by atoms with Crippen LogP contribution in [0.25, 0.3) is 11.4 Å². The normalized spacial score (nSPS) is 24.7. The molecule has 0 bridgehead atoms. The molecule has 3 heterocycles. The lowest BCUT2D eigenvalue weighted by molar-refractivity contribution is -0.128. The van der Waals surface area contributed by atoms with E-state index in [1.165, 1.54) is 18.9 Å². The topological polar surface area (TPSA) is 71.8 Å². The molecular weight excluding hydrogens is 440 g/mol. The molecule has 2 fully saturated rings. The van der Waals surface area contributed by atoms with E-state index >= 15 is 0 Å². The molecule has 0 spiro atoms. The number of halogens is 3. The Labute approximate surface area is 194 Å². The molecule has 31 heavy (non-hydrogen) atoms.